The molecule has 1 aromatic carbocycles. The van der Waals surface area contributed by atoms with Crippen LogP contribution in [0.25, 0.3) is 10.9 Å². The summed E-state index contributed by atoms with van der Waals surface area (Å²) in [6.45, 7) is 5.27. The zero-order chi connectivity index (χ0) is 37.9. The number of piperidine rings is 2. The lowest BCUT2D eigenvalue weighted by Gasteiger charge is -2.38. The maximum atomic E-state index is 13.0. The predicted molar refractivity (Wildman–Crippen MR) is 214 cm³/mol. The number of carbonyl (C=O) groups is 3. The molecule has 56 heavy (non-hydrogen) atoms. The molecule has 4 aromatic rings. The summed E-state index contributed by atoms with van der Waals surface area (Å²) in [4.78, 5) is 57.2. The van der Waals surface area contributed by atoms with Crippen LogP contribution in [-0.4, -0.2) is 93.7 Å². The van der Waals surface area contributed by atoms with Crippen LogP contribution in [0.3, 0.4) is 0 Å². The lowest BCUT2D eigenvalue weighted by molar-refractivity contribution is -0.120. The van der Waals surface area contributed by atoms with Gasteiger partial charge in [-0.1, -0.05) is 11.6 Å². The summed E-state index contributed by atoms with van der Waals surface area (Å²) in [5.41, 5.74) is 1.95. The van der Waals surface area contributed by atoms with Crippen molar-refractivity contribution in [3.05, 3.63) is 71.3 Å². The van der Waals surface area contributed by atoms with Gasteiger partial charge in [0.15, 0.2) is 0 Å². The van der Waals surface area contributed by atoms with Crippen LogP contribution in [0.5, 0.6) is 5.75 Å². The average Bonchev–Trinajstić information content (AvgIpc) is 3.64. The van der Waals surface area contributed by atoms with Gasteiger partial charge in [-0.05, 0) is 81.5 Å². The molecule has 4 amide bonds. The number of benzene rings is 1. The number of anilines is 2. The molecule has 6 heterocycles. The van der Waals surface area contributed by atoms with Crippen LogP contribution in [-0.2, 0) is 4.79 Å². The van der Waals surface area contributed by atoms with Gasteiger partial charge in [0, 0.05) is 94.0 Å². The monoisotopic (exact) mass is 800 g/mol. The summed E-state index contributed by atoms with van der Waals surface area (Å²) in [6, 6.07) is 11.2. The topological polar surface area (TPSA) is 162 Å². The SMILES string of the molecule is Cl.N#Cc1ccc(O[C@H]2CC[C@H](NC(=O)c3cnc(N4CCC(CN5CCC(n6ccc7c(N8CCC(=O)NC8=O)nccc76)CC5)CC4)nc3)CC2)cc1Cl. The summed E-state index contributed by atoms with van der Waals surface area (Å²) >= 11 is 6.15. The zero-order valence-corrected chi connectivity index (χ0v) is 32.7. The zero-order valence-electron chi connectivity index (χ0n) is 31.1. The summed E-state index contributed by atoms with van der Waals surface area (Å²) in [7, 11) is 0. The highest BCUT2D eigenvalue weighted by molar-refractivity contribution is 6.31. The smallest absolute Gasteiger partial charge is 0.329 e. The molecular weight excluding hydrogens is 755 g/mol. The van der Waals surface area contributed by atoms with Gasteiger partial charge >= 0.3 is 6.03 Å². The number of nitrogens with zero attached hydrogens (tertiary/aromatic N) is 8. The fourth-order valence-electron chi connectivity index (χ4n) is 8.48. The molecule has 3 aliphatic heterocycles. The Bertz CT molecular complexity index is 2080. The number of halogens is 2. The number of ether oxygens (including phenoxy) is 1. The fraction of sp³-hybridized carbons (Fsp3) is 0.475. The van der Waals surface area contributed by atoms with Gasteiger partial charge in [-0.2, -0.15) is 5.26 Å². The Kier molecular flexibility index (Phi) is 12.2. The van der Waals surface area contributed by atoms with Crippen molar-refractivity contribution in [1.29, 1.82) is 5.26 Å². The van der Waals surface area contributed by atoms with Gasteiger partial charge in [-0.3, -0.25) is 19.8 Å². The molecular formula is C40H46Cl2N10O4. The average molecular weight is 802 g/mol. The molecule has 3 aromatic heterocycles. The Labute approximate surface area is 337 Å². The molecule has 4 aliphatic rings. The van der Waals surface area contributed by atoms with E-state index in [1.807, 2.05) is 12.1 Å². The van der Waals surface area contributed by atoms with E-state index >= 15 is 0 Å². The van der Waals surface area contributed by atoms with Gasteiger partial charge in [0.05, 0.1) is 27.8 Å². The number of imide groups is 1. The normalized spacial score (nSPS) is 21.3. The van der Waals surface area contributed by atoms with Crippen LogP contribution < -0.4 is 25.2 Å². The first-order chi connectivity index (χ1) is 26.8. The van der Waals surface area contributed by atoms with E-state index in [0.29, 0.717) is 52.2 Å². The number of rotatable bonds is 9. The van der Waals surface area contributed by atoms with E-state index in [1.54, 1.807) is 41.7 Å². The van der Waals surface area contributed by atoms with Crippen LogP contribution in [0.15, 0.2) is 55.1 Å². The Hall–Kier alpha value is -4.97. The van der Waals surface area contributed by atoms with Crippen LogP contribution in [0.1, 0.15) is 79.8 Å². The molecule has 14 nitrogen and oxygen atoms in total. The molecule has 0 bridgehead atoms. The lowest BCUT2D eigenvalue weighted by Crippen LogP contribution is -2.49. The molecule has 3 saturated heterocycles. The summed E-state index contributed by atoms with van der Waals surface area (Å²) < 4.78 is 8.42. The highest BCUT2D eigenvalue weighted by atomic mass is 35.5. The maximum Gasteiger partial charge on any atom is 0.329 e. The number of nitriles is 1. The van der Waals surface area contributed by atoms with Crippen LogP contribution in [0.4, 0.5) is 16.6 Å². The third kappa shape index (κ3) is 8.70. The minimum atomic E-state index is -0.416. The van der Waals surface area contributed by atoms with Crippen molar-refractivity contribution < 1.29 is 19.1 Å². The summed E-state index contributed by atoms with van der Waals surface area (Å²) in [6.07, 6.45) is 14.9. The molecule has 2 N–H and O–H groups in total. The molecule has 0 unspecified atom stereocenters. The van der Waals surface area contributed by atoms with Crippen molar-refractivity contribution in [3.8, 4) is 11.8 Å². The van der Waals surface area contributed by atoms with Gasteiger partial charge < -0.3 is 24.4 Å². The Balaban J connectivity index is 0.00000480. The van der Waals surface area contributed by atoms with E-state index < -0.39 is 6.03 Å². The minimum absolute atomic E-state index is 0. The third-order valence-corrected chi connectivity index (χ3v) is 11.9. The van der Waals surface area contributed by atoms with E-state index in [-0.39, 0.29) is 42.8 Å². The number of likely N-dealkylation sites (tertiary alicyclic amines) is 1. The van der Waals surface area contributed by atoms with Crippen molar-refractivity contribution in [2.75, 3.05) is 49.1 Å². The first-order valence-electron chi connectivity index (χ1n) is 19.3. The second-order valence-corrected chi connectivity index (χ2v) is 15.5. The van der Waals surface area contributed by atoms with Crippen LogP contribution in [0, 0.1) is 17.2 Å². The minimum Gasteiger partial charge on any atom is -0.490 e. The van der Waals surface area contributed by atoms with E-state index in [2.05, 4.69) is 52.2 Å². The van der Waals surface area contributed by atoms with Gasteiger partial charge in [-0.25, -0.2) is 19.7 Å². The quantitative estimate of drug-likeness (QED) is 0.209. The number of amides is 4. The highest BCUT2D eigenvalue weighted by Crippen LogP contribution is 2.33. The molecule has 8 rings (SSSR count). The summed E-state index contributed by atoms with van der Waals surface area (Å²) in [5, 5.41) is 15.9. The van der Waals surface area contributed by atoms with Crippen molar-refractivity contribution in [3.63, 3.8) is 0 Å². The van der Waals surface area contributed by atoms with E-state index in [4.69, 9.17) is 21.6 Å². The van der Waals surface area contributed by atoms with E-state index in [9.17, 15) is 14.4 Å². The summed E-state index contributed by atoms with van der Waals surface area (Å²) in [5.74, 6) is 2.13. The van der Waals surface area contributed by atoms with Crippen molar-refractivity contribution in [1.82, 2.24) is 35.1 Å². The van der Waals surface area contributed by atoms with Crippen molar-refractivity contribution >= 4 is 64.5 Å². The second kappa shape index (κ2) is 17.4. The van der Waals surface area contributed by atoms with Gasteiger partial charge in [0.2, 0.25) is 11.9 Å². The lowest BCUT2D eigenvalue weighted by atomic mass is 9.92. The predicted octanol–water partition coefficient (Wildman–Crippen LogP) is 5.89. The molecule has 0 spiro atoms. The molecule has 16 heteroatoms. The number of aromatic nitrogens is 4. The largest absolute Gasteiger partial charge is 0.490 e. The Morgan fingerprint density at radius 1 is 0.946 bits per heavy atom. The fourth-order valence-corrected chi connectivity index (χ4v) is 8.69. The molecule has 0 radical (unpaired) electrons. The molecule has 4 fully saturated rings. The van der Waals surface area contributed by atoms with Gasteiger partial charge in [0.25, 0.3) is 5.91 Å². The van der Waals surface area contributed by atoms with Crippen LogP contribution >= 0.6 is 24.0 Å². The number of urea groups is 1. The Morgan fingerprint density at radius 3 is 2.39 bits per heavy atom. The number of nitrogens with one attached hydrogen (secondary N) is 2. The standard InChI is InChI=1S/C40H45ClN10O4.ClH/c41-34-21-32(4-1-27(34)22-42)55-31-5-2-29(3-6-31)46-38(53)28-23-44-39(45-24-28)49-17-8-26(9-18-49)25-48-15-10-30(11-16-48)50-19-12-33-35(50)7-14-43-37(33)51-20-13-36(52)47-40(51)54;/h1,4,7,12,14,19,21,23-24,26,29-31H,2-3,5-6,8-11,13,15-18,20,25H2,(H,46,53)(H,47,52,54);1H/t29-,31-;. The Morgan fingerprint density at radius 2 is 1.70 bits per heavy atom. The van der Waals surface area contributed by atoms with Crippen molar-refractivity contribution in [2.24, 2.45) is 5.92 Å². The maximum absolute atomic E-state index is 13.0. The van der Waals surface area contributed by atoms with Gasteiger partial charge in [0.1, 0.15) is 17.6 Å². The molecule has 1 saturated carbocycles. The highest BCUT2D eigenvalue weighted by Gasteiger charge is 2.30. The van der Waals surface area contributed by atoms with E-state index in [1.165, 1.54) is 0 Å². The first-order valence-corrected chi connectivity index (χ1v) is 19.7. The molecule has 1 aliphatic carbocycles. The number of fused-ring (bicyclic) bond motifs is 1. The molecule has 294 valence electrons. The molecule has 0 atom stereocenters. The number of hydrogen-bond donors (Lipinski definition) is 2. The second-order valence-electron chi connectivity index (χ2n) is 15.1. The van der Waals surface area contributed by atoms with Gasteiger partial charge in [-0.15, -0.1) is 12.4 Å². The number of pyridine rings is 1. The third-order valence-electron chi connectivity index (χ3n) is 11.6. The number of carbonyl (C=O) groups excluding carboxylic acids is 3. The van der Waals surface area contributed by atoms with E-state index in [0.717, 1.165) is 95.0 Å². The van der Waals surface area contributed by atoms with Crippen LogP contribution in [0.2, 0.25) is 5.02 Å². The van der Waals surface area contributed by atoms with Crippen molar-refractivity contribution in [2.45, 2.75) is 76.0 Å². The number of hydrogen-bond acceptors (Lipinski definition) is 10. The first kappa shape index (κ1) is 39.3.